The Morgan fingerprint density at radius 3 is 2.47 bits per heavy atom. The Balaban J connectivity index is 1.37. The number of rotatable bonds is 5. The summed E-state index contributed by atoms with van der Waals surface area (Å²) in [7, 11) is 1.76. The molecule has 0 aromatic carbocycles. The van der Waals surface area contributed by atoms with Gasteiger partial charge in [-0.3, -0.25) is 0 Å². The van der Waals surface area contributed by atoms with Crippen LogP contribution in [0.1, 0.15) is 5.56 Å². The van der Waals surface area contributed by atoms with Crippen LogP contribution in [-0.4, -0.2) is 62.9 Å². The van der Waals surface area contributed by atoms with Crippen LogP contribution in [0.3, 0.4) is 0 Å². The number of anilines is 4. The highest BCUT2D eigenvalue weighted by molar-refractivity contribution is 6.01. The van der Waals surface area contributed by atoms with Crippen LogP contribution >= 0.6 is 0 Å². The molecule has 1 aliphatic heterocycles. The van der Waals surface area contributed by atoms with Gasteiger partial charge in [-0.25, -0.2) is 24.5 Å². The molecule has 13 heteroatoms. The van der Waals surface area contributed by atoms with E-state index in [4.69, 9.17) is 14.8 Å². The number of fused-ring (bicyclic) bond motifs is 2. The molecular formula is C25H22F3N9O. The first-order chi connectivity index (χ1) is 18.4. The number of alkyl halides is 3. The number of morpholine rings is 1. The van der Waals surface area contributed by atoms with Crippen molar-refractivity contribution in [2.24, 2.45) is 0 Å². The molecule has 0 saturated carbocycles. The van der Waals surface area contributed by atoms with Crippen molar-refractivity contribution in [3.63, 3.8) is 0 Å². The van der Waals surface area contributed by atoms with Crippen LogP contribution in [0.4, 0.5) is 36.3 Å². The lowest BCUT2D eigenvalue weighted by atomic mass is 10.1. The summed E-state index contributed by atoms with van der Waals surface area (Å²) in [5.74, 6) is 1.73. The average molecular weight is 522 g/mol. The van der Waals surface area contributed by atoms with Gasteiger partial charge in [0, 0.05) is 55.1 Å². The molecule has 6 heterocycles. The summed E-state index contributed by atoms with van der Waals surface area (Å²) in [6, 6.07) is 7.94. The highest BCUT2D eigenvalue weighted by atomic mass is 19.4. The maximum Gasteiger partial charge on any atom is 0.417 e. The first-order valence-electron chi connectivity index (χ1n) is 11.9. The second kappa shape index (κ2) is 9.41. The number of halogens is 3. The Hall–Kier alpha value is -4.52. The van der Waals surface area contributed by atoms with Gasteiger partial charge in [-0.15, -0.1) is 5.10 Å². The second-order valence-corrected chi connectivity index (χ2v) is 8.67. The Morgan fingerprint density at radius 1 is 0.921 bits per heavy atom. The number of nitrogens with zero attached hydrogens (tertiary/aromatic N) is 7. The summed E-state index contributed by atoms with van der Waals surface area (Å²) in [6.07, 6.45) is 1.59. The normalized spacial score (nSPS) is 14.3. The smallest absolute Gasteiger partial charge is 0.378 e. The van der Waals surface area contributed by atoms with Crippen molar-refractivity contribution in [2.45, 2.75) is 6.18 Å². The van der Waals surface area contributed by atoms with E-state index in [9.17, 15) is 13.2 Å². The van der Waals surface area contributed by atoms with Gasteiger partial charge in [-0.1, -0.05) is 0 Å². The Bertz CT molecular complexity index is 1610. The van der Waals surface area contributed by atoms with Gasteiger partial charge in [-0.05, 0) is 30.3 Å². The molecule has 5 aromatic rings. The summed E-state index contributed by atoms with van der Waals surface area (Å²) in [5, 5.41) is 12.2. The number of ether oxygens (including phenoxy) is 1. The van der Waals surface area contributed by atoms with Crippen LogP contribution in [0, 0.1) is 0 Å². The van der Waals surface area contributed by atoms with E-state index < -0.39 is 11.7 Å². The van der Waals surface area contributed by atoms with Gasteiger partial charge in [-0.2, -0.15) is 13.2 Å². The van der Waals surface area contributed by atoms with Crippen LogP contribution in [-0.2, 0) is 10.9 Å². The zero-order valence-electron chi connectivity index (χ0n) is 20.2. The molecule has 0 unspecified atom stereocenters. The first kappa shape index (κ1) is 23.9. The van der Waals surface area contributed by atoms with Crippen molar-refractivity contribution in [3.05, 3.63) is 60.7 Å². The molecule has 0 spiro atoms. The molecule has 194 valence electrons. The van der Waals surface area contributed by atoms with Crippen molar-refractivity contribution < 1.29 is 17.9 Å². The van der Waals surface area contributed by atoms with Crippen molar-refractivity contribution in [2.75, 3.05) is 48.9 Å². The van der Waals surface area contributed by atoms with Crippen LogP contribution in [0.2, 0.25) is 0 Å². The third-order valence-electron chi connectivity index (χ3n) is 6.29. The molecule has 0 radical (unpaired) electrons. The average Bonchev–Trinajstić information content (AvgIpc) is 3.36. The fourth-order valence-corrected chi connectivity index (χ4v) is 4.34. The lowest BCUT2D eigenvalue weighted by molar-refractivity contribution is -0.137. The fourth-order valence-electron chi connectivity index (χ4n) is 4.34. The van der Waals surface area contributed by atoms with E-state index in [0.717, 1.165) is 41.8 Å². The minimum Gasteiger partial charge on any atom is -0.378 e. The Kier molecular flexibility index (Phi) is 5.91. The molecule has 0 aliphatic carbocycles. The monoisotopic (exact) mass is 521 g/mol. The zero-order chi connectivity index (χ0) is 26.3. The lowest BCUT2D eigenvalue weighted by Crippen LogP contribution is -2.36. The van der Waals surface area contributed by atoms with E-state index in [1.807, 2.05) is 18.3 Å². The third-order valence-corrected chi connectivity index (χ3v) is 6.29. The van der Waals surface area contributed by atoms with Crippen molar-refractivity contribution in [1.82, 2.24) is 29.5 Å². The van der Waals surface area contributed by atoms with E-state index in [1.165, 1.54) is 6.07 Å². The molecule has 1 saturated heterocycles. The molecule has 10 nitrogen and oxygen atoms in total. The largest absolute Gasteiger partial charge is 0.417 e. The molecule has 0 amide bonds. The summed E-state index contributed by atoms with van der Waals surface area (Å²) in [4.78, 5) is 19.7. The molecule has 6 rings (SSSR count). The van der Waals surface area contributed by atoms with Crippen LogP contribution < -0.4 is 15.5 Å². The van der Waals surface area contributed by atoms with Gasteiger partial charge in [0.2, 0.25) is 0 Å². The highest BCUT2D eigenvalue weighted by Gasteiger charge is 2.30. The van der Waals surface area contributed by atoms with Crippen LogP contribution in [0.5, 0.6) is 0 Å². The van der Waals surface area contributed by atoms with E-state index in [-0.39, 0.29) is 5.82 Å². The predicted molar refractivity (Wildman–Crippen MR) is 137 cm³/mol. The lowest BCUT2D eigenvalue weighted by Gasteiger charge is -2.28. The van der Waals surface area contributed by atoms with Gasteiger partial charge >= 0.3 is 6.18 Å². The van der Waals surface area contributed by atoms with Crippen molar-refractivity contribution >= 4 is 39.6 Å². The van der Waals surface area contributed by atoms with Gasteiger partial charge in [0.05, 0.1) is 30.7 Å². The van der Waals surface area contributed by atoms with Gasteiger partial charge < -0.3 is 20.3 Å². The van der Waals surface area contributed by atoms with Crippen LogP contribution in [0.15, 0.2) is 55.1 Å². The number of pyridine rings is 4. The second-order valence-electron chi connectivity index (χ2n) is 8.67. The molecular weight excluding hydrogens is 499 g/mol. The molecule has 0 bridgehead atoms. The third kappa shape index (κ3) is 4.52. The van der Waals surface area contributed by atoms with Gasteiger partial charge in [0.15, 0.2) is 11.5 Å². The predicted octanol–water partition coefficient (Wildman–Crippen LogP) is 4.38. The highest BCUT2D eigenvalue weighted by Crippen LogP contribution is 2.33. The minimum atomic E-state index is -4.46. The topological polar surface area (TPSA) is 105 Å². The summed E-state index contributed by atoms with van der Waals surface area (Å²) in [6.45, 7) is 2.98. The molecule has 2 N–H and O–H groups in total. The first-order valence-corrected chi connectivity index (χ1v) is 11.9. The van der Waals surface area contributed by atoms with Crippen molar-refractivity contribution in [3.8, 4) is 11.4 Å². The quantitative estimate of drug-likeness (QED) is 0.349. The Morgan fingerprint density at radius 2 is 1.74 bits per heavy atom. The van der Waals surface area contributed by atoms with Gasteiger partial charge in [0.25, 0.3) is 0 Å². The van der Waals surface area contributed by atoms with E-state index in [0.29, 0.717) is 41.9 Å². The number of aromatic nitrogens is 6. The number of hydrogen-bond acceptors (Lipinski definition) is 9. The molecule has 38 heavy (non-hydrogen) atoms. The fraction of sp³-hybridized carbons (Fsp3) is 0.240. The maximum atomic E-state index is 12.9. The van der Waals surface area contributed by atoms with E-state index in [1.54, 1.807) is 30.0 Å². The zero-order valence-corrected chi connectivity index (χ0v) is 20.2. The summed E-state index contributed by atoms with van der Waals surface area (Å²) >= 11 is 0. The van der Waals surface area contributed by atoms with Gasteiger partial charge in [0.1, 0.15) is 17.5 Å². The molecule has 1 aliphatic rings. The molecule has 1 fully saturated rings. The van der Waals surface area contributed by atoms with E-state index >= 15 is 0 Å². The molecule has 5 aromatic heterocycles. The van der Waals surface area contributed by atoms with Crippen molar-refractivity contribution in [1.29, 1.82) is 0 Å². The standard InChI is InChI=1S/C25H22F3N9O/c1-29-23-18-12-31-21(33-20-4-2-15(11-30-20)25(26,27)28)10-17(18)19(13-32-23)24-34-22-5-3-16(14-37(22)35-24)36-6-8-38-9-7-36/h2-5,10-14H,6-9H2,1H3,(H,29,32)(H,30,31,33). The molecule has 0 atom stereocenters. The summed E-state index contributed by atoms with van der Waals surface area (Å²) < 4.78 is 45.8. The van der Waals surface area contributed by atoms with Crippen LogP contribution in [0.25, 0.3) is 27.8 Å². The maximum absolute atomic E-state index is 12.9. The number of hydrogen-bond donors (Lipinski definition) is 2. The van der Waals surface area contributed by atoms with E-state index in [2.05, 4.69) is 30.5 Å². The Labute approximate surface area is 214 Å². The number of nitrogens with one attached hydrogen (secondary N) is 2. The minimum absolute atomic E-state index is 0.232. The summed E-state index contributed by atoms with van der Waals surface area (Å²) in [5.41, 5.74) is 1.58. The SMILES string of the molecule is CNc1ncc(-c2nc3ccc(N4CCOCC4)cn3n2)c2cc(Nc3ccc(C(F)(F)F)cn3)ncc12.